The van der Waals surface area contributed by atoms with Crippen molar-refractivity contribution in [2.24, 2.45) is 0 Å². The number of nitriles is 1. The molecule has 1 aromatic carbocycles. The number of hydrogen-bond donors (Lipinski definition) is 2. The molecule has 1 aliphatic rings. The van der Waals surface area contributed by atoms with Gasteiger partial charge in [-0.25, -0.2) is 0 Å². The number of aliphatic hydroxyl groups is 1. The Bertz CT molecular complexity index is 680. The summed E-state index contributed by atoms with van der Waals surface area (Å²) in [5.41, 5.74) is 2.99. The van der Waals surface area contributed by atoms with Crippen LogP contribution in [0.15, 0.2) is 36.7 Å². The zero-order valence-electron chi connectivity index (χ0n) is 13.7. The molecule has 1 saturated heterocycles. The van der Waals surface area contributed by atoms with Gasteiger partial charge >= 0.3 is 0 Å². The molecule has 126 valence electrons. The van der Waals surface area contributed by atoms with Crippen LogP contribution in [0.4, 0.5) is 5.69 Å². The highest BCUT2D eigenvalue weighted by molar-refractivity contribution is 5.39. The van der Waals surface area contributed by atoms with Gasteiger partial charge in [-0.2, -0.15) is 10.4 Å². The topological polar surface area (TPSA) is 77.1 Å². The molecular formula is C18H23N5O. The van der Waals surface area contributed by atoms with Crippen molar-refractivity contribution in [3.05, 3.63) is 47.8 Å². The van der Waals surface area contributed by atoms with Gasteiger partial charge in [0.1, 0.15) is 0 Å². The van der Waals surface area contributed by atoms with E-state index in [1.807, 2.05) is 36.7 Å². The number of hydrogen-bond acceptors (Lipinski definition) is 5. The number of anilines is 1. The van der Waals surface area contributed by atoms with Crippen molar-refractivity contribution in [1.29, 1.82) is 5.26 Å². The van der Waals surface area contributed by atoms with Crippen LogP contribution in [0.5, 0.6) is 0 Å². The Hall–Kier alpha value is -2.36. The first-order chi connectivity index (χ1) is 11.8. The van der Waals surface area contributed by atoms with Gasteiger partial charge in [0.25, 0.3) is 0 Å². The Kier molecular flexibility index (Phi) is 5.47. The Labute approximate surface area is 142 Å². The first-order valence-electron chi connectivity index (χ1n) is 8.38. The molecule has 0 saturated carbocycles. The Balaban J connectivity index is 1.45. The predicted octanol–water partition coefficient (Wildman–Crippen LogP) is 1.82. The molecule has 0 radical (unpaired) electrons. The maximum atomic E-state index is 8.93. The van der Waals surface area contributed by atoms with Crippen LogP contribution in [0.25, 0.3) is 0 Å². The van der Waals surface area contributed by atoms with Crippen LogP contribution in [0.2, 0.25) is 0 Å². The zero-order chi connectivity index (χ0) is 16.8. The normalized spacial score (nSPS) is 16.0. The van der Waals surface area contributed by atoms with E-state index in [0.717, 1.165) is 38.2 Å². The smallest absolute Gasteiger partial charge is 0.0991 e. The molecule has 6 heteroatoms. The van der Waals surface area contributed by atoms with E-state index in [2.05, 4.69) is 21.4 Å². The summed E-state index contributed by atoms with van der Waals surface area (Å²) in [6.45, 7) is 3.69. The van der Waals surface area contributed by atoms with Gasteiger partial charge in [0, 0.05) is 31.9 Å². The van der Waals surface area contributed by atoms with Gasteiger partial charge in [0.2, 0.25) is 0 Å². The Morgan fingerprint density at radius 1 is 1.25 bits per heavy atom. The molecule has 2 N–H and O–H groups in total. The van der Waals surface area contributed by atoms with Crippen LogP contribution < -0.4 is 5.32 Å². The van der Waals surface area contributed by atoms with Crippen molar-refractivity contribution in [3.8, 4) is 6.07 Å². The second-order valence-corrected chi connectivity index (χ2v) is 6.22. The SMILES string of the molecule is N#Cc1ccc(CN2CCC(Nc3cnn(CCO)c3)CC2)cc1. The molecule has 3 rings (SSSR count). The third-order valence-corrected chi connectivity index (χ3v) is 4.41. The summed E-state index contributed by atoms with van der Waals surface area (Å²) in [4.78, 5) is 2.45. The summed E-state index contributed by atoms with van der Waals surface area (Å²) in [5, 5.41) is 25.5. The maximum absolute atomic E-state index is 8.93. The minimum Gasteiger partial charge on any atom is -0.394 e. The molecule has 1 aromatic heterocycles. The van der Waals surface area contributed by atoms with Gasteiger partial charge in [-0.15, -0.1) is 0 Å². The fourth-order valence-corrected chi connectivity index (χ4v) is 3.08. The largest absolute Gasteiger partial charge is 0.394 e. The highest BCUT2D eigenvalue weighted by Crippen LogP contribution is 2.18. The minimum atomic E-state index is 0.106. The average molecular weight is 325 g/mol. The third-order valence-electron chi connectivity index (χ3n) is 4.41. The van der Waals surface area contributed by atoms with Gasteiger partial charge in [-0.1, -0.05) is 12.1 Å². The van der Waals surface area contributed by atoms with Gasteiger partial charge in [-0.3, -0.25) is 9.58 Å². The van der Waals surface area contributed by atoms with Gasteiger partial charge in [-0.05, 0) is 30.5 Å². The lowest BCUT2D eigenvalue weighted by atomic mass is 10.0. The predicted molar refractivity (Wildman–Crippen MR) is 92.4 cm³/mol. The lowest BCUT2D eigenvalue weighted by molar-refractivity contribution is 0.211. The molecule has 1 fully saturated rings. The van der Waals surface area contributed by atoms with Crippen molar-refractivity contribution in [2.45, 2.75) is 32.0 Å². The molecule has 2 aromatic rings. The molecule has 0 amide bonds. The van der Waals surface area contributed by atoms with Crippen molar-refractivity contribution >= 4 is 5.69 Å². The highest BCUT2D eigenvalue weighted by atomic mass is 16.3. The number of likely N-dealkylation sites (tertiary alicyclic amines) is 1. The van der Waals surface area contributed by atoms with Crippen LogP contribution in [0, 0.1) is 11.3 Å². The fraction of sp³-hybridized carbons (Fsp3) is 0.444. The third kappa shape index (κ3) is 4.34. The summed E-state index contributed by atoms with van der Waals surface area (Å²) in [6, 6.07) is 10.5. The lowest BCUT2D eigenvalue weighted by Crippen LogP contribution is -2.38. The van der Waals surface area contributed by atoms with Gasteiger partial charge in [0.15, 0.2) is 0 Å². The van der Waals surface area contributed by atoms with E-state index in [1.54, 1.807) is 4.68 Å². The van der Waals surface area contributed by atoms with Crippen LogP contribution >= 0.6 is 0 Å². The summed E-state index contributed by atoms with van der Waals surface area (Å²) in [6.07, 6.45) is 5.96. The number of aromatic nitrogens is 2. The number of benzene rings is 1. The molecule has 0 atom stereocenters. The maximum Gasteiger partial charge on any atom is 0.0991 e. The number of piperidine rings is 1. The molecule has 6 nitrogen and oxygen atoms in total. The molecule has 0 spiro atoms. The number of aliphatic hydroxyl groups excluding tert-OH is 1. The summed E-state index contributed by atoms with van der Waals surface area (Å²) >= 11 is 0. The molecule has 0 unspecified atom stereocenters. The van der Waals surface area contributed by atoms with Crippen molar-refractivity contribution in [1.82, 2.24) is 14.7 Å². The van der Waals surface area contributed by atoms with E-state index < -0.39 is 0 Å². The van der Waals surface area contributed by atoms with E-state index in [9.17, 15) is 0 Å². The van der Waals surface area contributed by atoms with Gasteiger partial charge in [0.05, 0.1) is 36.7 Å². The molecule has 0 bridgehead atoms. The zero-order valence-corrected chi connectivity index (χ0v) is 13.7. The average Bonchev–Trinajstić information content (AvgIpc) is 3.05. The van der Waals surface area contributed by atoms with Crippen LogP contribution in [0.1, 0.15) is 24.0 Å². The Morgan fingerprint density at radius 2 is 2.00 bits per heavy atom. The lowest BCUT2D eigenvalue weighted by Gasteiger charge is -2.32. The van der Waals surface area contributed by atoms with Crippen LogP contribution in [-0.2, 0) is 13.1 Å². The van der Waals surface area contributed by atoms with E-state index in [-0.39, 0.29) is 6.61 Å². The van der Waals surface area contributed by atoms with E-state index >= 15 is 0 Å². The minimum absolute atomic E-state index is 0.106. The highest BCUT2D eigenvalue weighted by Gasteiger charge is 2.19. The van der Waals surface area contributed by atoms with E-state index in [0.29, 0.717) is 18.2 Å². The fourth-order valence-electron chi connectivity index (χ4n) is 3.08. The van der Waals surface area contributed by atoms with Gasteiger partial charge < -0.3 is 10.4 Å². The second kappa shape index (κ2) is 7.95. The first-order valence-corrected chi connectivity index (χ1v) is 8.38. The van der Waals surface area contributed by atoms with Crippen LogP contribution in [0.3, 0.4) is 0 Å². The summed E-state index contributed by atoms with van der Waals surface area (Å²) < 4.78 is 1.75. The molecular weight excluding hydrogens is 302 g/mol. The second-order valence-electron chi connectivity index (χ2n) is 6.22. The molecule has 24 heavy (non-hydrogen) atoms. The molecule has 0 aliphatic carbocycles. The monoisotopic (exact) mass is 325 g/mol. The first kappa shape index (κ1) is 16.5. The number of rotatable bonds is 6. The van der Waals surface area contributed by atoms with Crippen molar-refractivity contribution < 1.29 is 5.11 Å². The summed E-state index contributed by atoms with van der Waals surface area (Å²) in [7, 11) is 0. The quantitative estimate of drug-likeness (QED) is 0.847. The standard InChI is InChI=1S/C18H23N5O/c19-11-15-1-3-16(4-2-15)13-22-7-5-17(6-8-22)21-18-12-20-23(14-18)9-10-24/h1-4,12,14,17,21,24H,5-10,13H2. The van der Waals surface area contributed by atoms with Crippen molar-refractivity contribution in [2.75, 3.05) is 25.0 Å². The number of nitrogens with zero attached hydrogens (tertiary/aromatic N) is 4. The molecule has 2 heterocycles. The number of nitrogens with one attached hydrogen (secondary N) is 1. The summed E-state index contributed by atoms with van der Waals surface area (Å²) in [5.74, 6) is 0. The Morgan fingerprint density at radius 3 is 2.67 bits per heavy atom. The van der Waals surface area contributed by atoms with Crippen LogP contribution in [-0.4, -0.2) is 45.5 Å². The van der Waals surface area contributed by atoms with Crippen molar-refractivity contribution in [3.63, 3.8) is 0 Å². The van der Waals surface area contributed by atoms with E-state index in [4.69, 9.17) is 10.4 Å². The van der Waals surface area contributed by atoms with E-state index in [1.165, 1.54) is 5.56 Å². The molecule has 1 aliphatic heterocycles.